The molecule has 106 valence electrons. The molecule has 0 aromatic rings. The van der Waals surface area contributed by atoms with Crippen LogP contribution in [0.1, 0.15) is 38.5 Å². The average molecular weight is 266 g/mol. The van der Waals surface area contributed by atoms with Gasteiger partial charge in [-0.3, -0.25) is 0 Å². The Balaban J connectivity index is 3.23. The van der Waals surface area contributed by atoms with Gasteiger partial charge in [-0.05, 0) is 25.3 Å². The van der Waals surface area contributed by atoms with Crippen LogP contribution in [0.2, 0.25) is 0 Å². The number of allylic oxidation sites excluding steroid dienone is 1. The van der Waals surface area contributed by atoms with Crippen LogP contribution >= 0.6 is 0 Å². The maximum atomic E-state index is 10.7. The first-order chi connectivity index (χ1) is 9.20. The highest BCUT2D eigenvalue weighted by molar-refractivity contribution is 5.81. The lowest BCUT2D eigenvalue weighted by atomic mass is 10.1. The molecule has 0 saturated heterocycles. The first-order valence-corrected chi connectivity index (χ1v) is 6.48. The Hall–Kier alpha value is -1.84. The molecule has 0 saturated carbocycles. The van der Waals surface area contributed by atoms with E-state index in [2.05, 4.69) is 17.9 Å². The summed E-state index contributed by atoms with van der Waals surface area (Å²) in [6, 6.07) is 0. The topological polar surface area (TPSA) is 52.6 Å². The van der Waals surface area contributed by atoms with Gasteiger partial charge >= 0.3 is 11.9 Å². The molecule has 0 amide bonds. The van der Waals surface area contributed by atoms with Gasteiger partial charge < -0.3 is 9.47 Å². The molecular weight excluding hydrogens is 244 g/mol. The molecule has 0 aliphatic carbocycles. The van der Waals surface area contributed by atoms with Crippen LogP contribution in [0.15, 0.2) is 37.6 Å². The van der Waals surface area contributed by atoms with E-state index in [-0.39, 0.29) is 5.97 Å². The number of carbonyl (C=O) groups excluding carboxylic acids is 2. The van der Waals surface area contributed by atoms with Gasteiger partial charge in [0.05, 0.1) is 12.9 Å². The van der Waals surface area contributed by atoms with Gasteiger partial charge in [0.2, 0.25) is 0 Å². The monoisotopic (exact) mass is 266 g/mol. The van der Waals surface area contributed by atoms with Crippen molar-refractivity contribution in [1.29, 1.82) is 0 Å². The maximum absolute atomic E-state index is 10.7. The van der Waals surface area contributed by atoms with Crippen molar-refractivity contribution in [3.05, 3.63) is 37.6 Å². The van der Waals surface area contributed by atoms with Gasteiger partial charge in [0.1, 0.15) is 0 Å². The summed E-state index contributed by atoms with van der Waals surface area (Å²) >= 11 is 0. The zero-order valence-corrected chi connectivity index (χ0v) is 11.3. The number of hydrogen-bond donors (Lipinski definition) is 0. The third kappa shape index (κ3) is 12.4. The van der Waals surface area contributed by atoms with E-state index < -0.39 is 5.97 Å². The van der Waals surface area contributed by atoms with E-state index >= 15 is 0 Å². The van der Waals surface area contributed by atoms with Gasteiger partial charge in [0, 0.05) is 12.2 Å². The minimum Gasteiger partial charge on any atom is -0.463 e. The number of ether oxygens (including phenoxy) is 2. The molecule has 4 nitrogen and oxygen atoms in total. The molecule has 4 heteroatoms. The Morgan fingerprint density at radius 2 is 1.53 bits per heavy atom. The third-order valence-corrected chi connectivity index (χ3v) is 2.37. The normalized spacial score (nSPS) is 10.1. The molecule has 0 spiro atoms. The number of carbonyl (C=O) groups is 2. The second kappa shape index (κ2) is 12.6. The van der Waals surface area contributed by atoms with Crippen LogP contribution in [0, 0.1) is 0 Å². The van der Waals surface area contributed by atoms with Gasteiger partial charge in [-0.2, -0.15) is 0 Å². The molecule has 0 heterocycles. The summed E-state index contributed by atoms with van der Waals surface area (Å²) in [5, 5.41) is 0. The second-order valence-corrected chi connectivity index (χ2v) is 3.94. The molecule has 0 rings (SSSR count). The second-order valence-electron chi connectivity index (χ2n) is 3.94. The van der Waals surface area contributed by atoms with Crippen molar-refractivity contribution >= 4 is 11.9 Å². The summed E-state index contributed by atoms with van der Waals surface area (Å²) in [5.74, 6) is -0.801. The predicted molar refractivity (Wildman–Crippen MR) is 74.3 cm³/mol. The van der Waals surface area contributed by atoms with Gasteiger partial charge in [0.25, 0.3) is 0 Å². The molecular formula is C15H22O4. The van der Waals surface area contributed by atoms with Crippen LogP contribution in [0.4, 0.5) is 0 Å². The average Bonchev–Trinajstić information content (AvgIpc) is 2.43. The lowest BCUT2D eigenvalue weighted by Gasteiger charge is -2.01. The molecule has 0 atom stereocenters. The van der Waals surface area contributed by atoms with Crippen molar-refractivity contribution in [3.63, 3.8) is 0 Å². The first kappa shape index (κ1) is 17.2. The summed E-state index contributed by atoms with van der Waals surface area (Å²) in [4.78, 5) is 21.4. The van der Waals surface area contributed by atoms with Crippen LogP contribution in [0.5, 0.6) is 0 Å². The fourth-order valence-corrected chi connectivity index (χ4v) is 1.36. The minimum absolute atomic E-state index is 0.362. The van der Waals surface area contributed by atoms with E-state index in [1.165, 1.54) is 12.3 Å². The lowest BCUT2D eigenvalue weighted by Crippen LogP contribution is -2.01. The SMILES string of the molecule is C=CC(=O)OC=CCCCCCCCOC(=O)C=C. The molecule has 0 bridgehead atoms. The van der Waals surface area contributed by atoms with E-state index in [9.17, 15) is 9.59 Å². The Kier molecular flexibility index (Phi) is 11.4. The fourth-order valence-electron chi connectivity index (χ4n) is 1.36. The quantitative estimate of drug-likeness (QED) is 0.249. The van der Waals surface area contributed by atoms with Crippen LogP contribution < -0.4 is 0 Å². The zero-order valence-electron chi connectivity index (χ0n) is 11.3. The smallest absolute Gasteiger partial charge is 0.334 e. The Labute approximate surface area is 114 Å². The predicted octanol–water partition coefficient (Wildman–Crippen LogP) is 3.30. The summed E-state index contributed by atoms with van der Waals surface area (Å²) < 4.78 is 9.55. The minimum atomic E-state index is -0.440. The summed E-state index contributed by atoms with van der Waals surface area (Å²) in [6.45, 7) is 7.08. The third-order valence-electron chi connectivity index (χ3n) is 2.37. The number of rotatable bonds is 11. The van der Waals surface area contributed by atoms with Crippen LogP contribution in [0.25, 0.3) is 0 Å². The highest BCUT2D eigenvalue weighted by atomic mass is 16.5. The van der Waals surface area contributed by atoms with Gasteiger partial charge in [-0.25, -0.2) is 9.59 Å². The molecule has 0 fully saturated rings. The molecule has 0 aromatic carbocycles. The van der Waals surface area contributed by atoms with Crippen LogP contribution in [-0.2, 0) is 19.1 Å². The van der Waals surface area contributed by atoms with Gasteiger partial charge in [-0.15, -0.1) is 0 Å². The number of unbranched alkanes of at least 4 members (excludes halogenated alkanes) is 5. The van der Waals surface area contributed by atoms with E-state index in [0.717, 1.165) is 44.6 Å². The highest BCUT2D eigenvalue weighted by Crippen LogP contribution is 2.06. The van der Waals surface area contributed by atoms with E-state index in [1.807, 2.05) is 6.08 Å². The number of hydrogen-bond acceptors (Lipinski definition) is 4. The van der Waals surface area contributed by atoms with Crippen molar-refractivity contribution in [2.75, 3.05) is 6.61 Å². The summed E-state index contributed by atoms with van der Waals surface area (Å²) in [5.41, 5.74) is 0. The molecule has 19 heavy (non-hydrogen) atoms. The van der Waals surface area contributed by atoms with Crippen molar-refractivity contribution in [2.24, 2.45) is 0 Å². The van der Waals surface area contributed by atoms with Crippen molar-refractivity contribution in [2.45, 2.75) is 38.5 Å². The highest BCUT2D eigenvalue weighted by Gasteiger charge is 1.95. The van der Waals surface area contributed by atoms with Gasteiger partial charge in [0.15, 0.2) is 0 Å². The molecule has 0 N–H and O–H groups in total. The standard InChI is InChI=1S/C15H22O4/c1-3-14(16)18-12-10-8-6-5-7-9-11-13-19-15(17)4-2/h3-4,10,12H,1-2,5-9,11,13H2. The Morgan fingerprint density at radius 1 is 0.895 bits per heavy atom. The van der Waals surface area contributed by atoms with E-state index in [4.69, 9.17) is 4.74 Å². The molecule has 0 aromatic heterocycles. The van der Waals surface area contributed by atoms with Crippen molar-refractivity contribution in [1.82, 2.24) is 0 Å². The molecule has 0 unspecified atom stereocenters. The lowest BCUT2D eigenvalue weighted by molar-refractivity contribution is -0.138. The zero-order chi connectivity index (χ0) is 14.3. The van der Waals surface area contributed by atoms with Crippen LogP contribution in [0.3, 0.4) is 0 Å². The Bertz CT molecular complexity index is 318. The largest absolute Gasteiger partial charge is 0.463 e. The maximum Gasteiger partial charge on any atom is 0.334 e. The number of esters is 2. The summed E-state index contributed by atoms with van der Waals surface area (Å²) in [6.07, 6.45) is 11.6. The Morgan fingerprint density at radius 3 is 2.21 bits per heavy atom. The molecule has 0 aliphatic rings. The molecule has 0 aliphatic heterocycles. The van der Waals surface area contributed by atoms with Crippen LogP contribution in [-0.4, -0.2) is 18.5 Å². The molecule has 0 radical (unpaired) electrons. The first-order valence-electron chi connectivity index (χ1n) is 6.48. The summed E-state index contributed by atoms with van der Waals surface area (Å²) in [7, 11) is 0. The van der Waals surface area contributed by atoms with Crippen molar-refractivity contribution < 1.29 is 19.1 Å². The van der Waals surface area contributed by atoms with E-state index in [0.29, 0.717) is 6.61 Å². The fraction of sp³-hybridized carbons (Fsp3) is 0.467. The van der Waals surface area contributed by atoms with E-state index in [1.54, 1.807) is 0 Å². The van der Waals surface area contributed by atoms with Crippen molar-refractivity contribution in [3.8, 4) is 0 Å². The van der Waals surface area contributed by atoms with Gasteiger partial charge in [-0.1, -0.05) is 32.4 Å².